The van der Waals surface area contributed by atoms with Crippen LogP contribution >= 0.6 is 15.9 Å². The highest BCUT2D eigenvalue weighted by Gasteiger charge is 2.25. The van der Waals surface area contributed by atoms with Crippen LogP contribution in [0.3, 0.4) is 0 Å². The molecule has 3 rings (SSSR count). The molecule has 1 saturated carbocycles. The van der Waals surface area contributed by atoms with Gasteiger partial charge in [-0.25, -0.2) is 0 Å². The lowest BCUT2D eigenvalue weighted by Crippen LogP contribution is -2.39. The van der Waals surface area contributed by atoms with Crippen molar-refractivity contribution in [1.29, 1.82) is 0 Å². The maximum atomic E-state index is 12.9. The summed E-state index contributed by atoms with van der Waals surface area (Å²) in [6.45, 7) is 2.99. The summed E-state index contributed by atoms with van der Waals surface area (Å²) in [5.74, 6) is -0.175. The topological polar surface area (TPSA) is 65.3 Å². The number of aromatic nitrogens is 2. The lowest BCUT2D eigenvalue weighted by Gasteiger charge is -2.29. The van der Waals surface area contributed by atoms with E-state index in [9.17, 15) is 9.59 Å². The monoisotopic (exact) mass is 437 g/mol. The van der Waals surface area contributed by atoms with Crippen LogP contribution in [0.1, 0.15) is 55.8 Å². The van der Waals surface area contributed by atoms with Gasteiger partial charge < -0.3 is 19.2 Å². The molecule has 0 atom stereocenters. The minimum atomic E-state index is -0.175. The van der Waals surface area contributed by atoms with E-state index in [4.69, 9.17) is 4.74 Å². The number of carbonyl (C=O) groups is 1. The highest BCUT2D eigenvalue weighted by atomic mass is 79.9. The minimum Gasteiger partial charge on any atom is -0.378 e. The molecule has 0 aliphatic heterocycles. The minimum absolute atomic E-state index is 0.134. The average molecular weight is 438 g/mol. The van der Waals surface area contributed by atoms with Gasteiger partial charge in [0.05, 0.1) is 27.0 Å². The molecule has 1 aliphatic carbocycles. The Bertz CT molecular complexity index is 879. The average Bonchev–Trinajstić information content (AvgIpc) is 2.99. The second kappa shape index (κ2) is 8.61. The normalized spacial score (nSPS) is 20.1. The summed E-state index contributed by atoms with van der Waals surface area (Å²) in [7, 11) is 3.54. The van der Waals surface area contributed by atoms with E-state index in [0.29, 0.717) is 17.1 Å². The predicted molar refractivity (Wildman–Crippen MR) is 110 cm³/mol. The van der Waals surface area contributed by atoms with Crippen molar-refractivity contribution in [2.24, 2.45) is 14.1 Å². The number of aryl methyl sites for hydroxylation is 2. The Morgan fingerprint density at radius 1 is 1.22 bits per heavy atom. The Morgan fingerprint density at radius 3 is 2.59 bits per heavy atom. The molecular weight excluding hydrogens is 410 g/mol. The molecule has 0 unspecified atom stereocenters. The van der Waals surface area contributed by atoms with Crippen molar-refractivity contribution in [1.82, 2.24) is 14.5 Å². The largest absolute Gasteiger partial charge is 0.378 e. The van der Waals surface area contributed by atoms with Crippen LogP contribution in [0.4, 0.5) is 0 Å². The molecule has 27 heavy (non-hydrogen) atoms. The fourth-order valence-electron chi connectivity index (χ4n) is 3.80. The van der Waals surface area contributed by atoms with Crippen LogP contribution in [0.15, 0.2) is 21.7 Å². The molecule has 2 aromatic rings. The number of nitrogens with zero attached hydrogens (tertiary/aromatic N) is 2. The van der Waals surface area contributed by atoms with Crippen molar-refractivity contribution in [3.05, 3.63) is 32.8 Å². The Morgan fingerprint density at radius 2 is 1.93 bits per heavy atom. The summed E-state index contributed by atoms with van der Waals surface area (Å²) in [5.41, 5.74) is 1.03. The zero-order valence-electron chi connectivity index (χ0n) is 16.3. The number of hydrogen-bond donors (Lipinski definition) is 1. The Hall–Kier alpha value is -1.60. The zero-order valence-corrected chi connectivity index (χ0v) is 17.8. The molecule has 1 N–H and O–H groups in total. The smallest absolute Gasteiger partial charge is 0.260 e. The van der Waals surface area contributed by atoms with E-state index >= 15 is 0 Å². The quantitative estimate of drug-likeness (QED) is 0.703. The highest BCUT2D eigenvalue weighted by Crippen LogP contribution is 2.26. The highest BCUT2D eigenvalue weighted by molar-refractivity contribution is 9.10. The van der Waals surface area contributed by atoms with Gasteiger partial charge in [0, 0.05) is 39.1 Å². The van der Waals surface area contributed by atoms with E-state index in [1.54, 1.807) is 19.4 Å². The van der Waals surface area contributed by atoms with Gasteiger partial charge in [-0.05, 0) is 48.0 Å². The molecule has 1 fully saturated rings. The van der Waals surface area contributed by atoms with E-state index < -0.39 is 0 Å². The molecule has 0 aromatic carbocycles. The fraction of sp³-hybridized carbons (Fsp3) is 0.600. The second-order valence-electron chi connectivity index (χ2n) is 7.44. The second-order valence-corrected chi connectivity index (χ2v) is 8.30. The van der Waals surface area contributed by atoms with Gasteiger partial charge in [0.25, 0.3) is 11.5 Å². The van der Waals surface area contributed by atoms with Crippen molar-refractivity contribution in [2.45, 2.75) is 57.6 Å². The lowest BCUT2D eigenvalue weighted by molar-refractivity contribution is 0.0209. The number of rotatable bonds is 6. The first-order valence-electron chi connectivity index (χ1n) is 9.69. The van der Waals surface area contributed by atoms with Crippen molar-refractivity contribution < 1.29 is 9.53 Å². The Labute approximate surface area is 168 Å². The summed E-state index contributed by atoms with van der Waals surface area (Å²) in [4.78, 5) is 25.5. The van der Waals surface area contributed by atoms with Gasteiger partial charge in [-0.15, -0.1) is 0 Å². The summed E-state index contributed by atoms with van der Waals surface area (Å²) in [6, 6.07) is 0.134. The van der Waals surface area contributed by atoms with Crippen LogP contribution in [0.25, 0.3) is 10.9 Å². The first-order valence-corrected chi connectivity index (χ1v) is 10.5. The van der Waals surface area contributed by atoms with Gasteiger partial charge in [0.2, 0.25) is 0 Å². The third-order valence-corrected chi connectivity index (χ3v) is 5.93. The van der Waals surface area contributed by atoms with Crippen LogP contribution in [0.5, 0.6) is 0 Å². The number of hydrogen-bond acceptors (Lipinski definition) is 3. The van der Waals surface area contributed by atoms with Crippen molar-refractivity contribution in [3.8, 4) is 0 Å². The summed E-state index contributed by atoms with van der Waals surface area (Å²) < 4.78 is 10.0. The molecule has 2 heterocycles. The molecule has 0 spiro atoms. The lowest BCUT2D eigenvalue weighted by atomic mass is 9.92. The molecular formula is C20H28BrN3O3. The van der Waals surface area contributed by atoms with Crippen molar-refractivity contribution >= 4 is 32.7 Å². The molecule has 1 amide bonds. The molecule has 1 aliphatic rings. The van der Waals surface area contributed by atoms with Crippen LogP contribution in [-0.2, 0) is 18.8 Å². The van der Waals surface area contributed by atoms with Gasteiger partial charge >= 0.3 is 0 Å². The maximum Gasteiger partial charge on any atom is 0.260 e. The SMILES string of the molecule is CCCCOC1CCC(NC(=O)c2cn(C)c3c(Br)cn(C)c(=O)c23)CC1. The van der Waals surface area contributed by atoms with Crippen LogP contribution in [0, 0.1) is 0 Å². The van der Waals surface area contributed by atoms with Gasteiger partial charge in [0.15, 0.2) is 0 Å². The number of pyridine rings is 1. The van der Waals surface area contributed by atoms with Gasteiger partial charge in [-0.2, -0.15) is 0 Å². The number of unbranched alkanes of at least 4 members (excludes halogenated alkanes) is 1. The standard InChI is InChI=1S/C20H28BrN3O3/c1-4-5-10-27-14-8-6-13(7-9-14)22-19(25)15-11-23(2)18-16(21)12-24(3)20(26)17(15)18/h11-14H,4-10H2,1-3H3,(H,22,25). The van der Waals surface area contributed by atoms with E-state index in [1.807, 2.05) is 11.6 Å². The summed E-state index contributed by atoms with van der Waals surface area (Å²) in [6.07, 6.45) is 9.79. The maximum absolute atomic E-state index is 12.9. The Kier molecular flexibility index (Phi) is 6.42. The van der Waals surface area contributed by atoms with E-state index in [0.717, 1.165) is 55.1 Å². The Balaban J connectivity index is 1.70. The third-order valence-electron chi connectivity index (χ3n) is 5.35. The molecule has 0 saturated heterocycles. The molecule has 0 radical (unpaired) electrons. The fourth-order valence-corrected chi connectivity index (χ4v) is 4.59. The van der Waals surface area contributed by atoms with Crippen LogP contribution in [-0.4, -0.2) is 33.8 Å². The first-order chi connectivity index (χ1) is 12.9. The predicted octanol–water partition coefficient (Wildman–Crippen LogP) is 3.50. The van der Waals surface area contributed by atoms with Crippen molar-refractivity contribution in [3.63, 3.8) is 0 Å². The molecule has 2 aromatic heterocycles. The number of amides is 1. The summed E-state index contributed by atoms with van der Waals surface area (Å²) in [5, 5.41) is 3.58. The number of nitrogens with one attached hydrogen (secondary N) is 1. The van der Waals surface area contributed by atoms with Crippen molar-refractivity contribution in [2.75, 3.05) is 6.61 Å². The number of fused-ring (bicyclic) bond motifs is 1. The van der Waals surface area contributed by atoms with E-state index in [1.165, 1.54) is 4.57 Å². The zero-order chi connectivity index (χ0) is 19.6. The number of ether oxygens (including phenoxy) is 1. The van der Waals surface area contributed by atoms with Gasteiger partial charge in [-0.3, -0.25) is 9.59 Å². The first kappa shape index (κ1) is 20.1. The van der Waals surface area contributed by atoms with Crippen LogP contribution < -0.4 is 10.9 Å². The molecule has 0 bridgehead atoms. The van der Waals surface area contributed by atoms with Gasteiger partial charge in [0.1, 0.15) is 0 Å². The summed E-state index contributed by atoms with van der Waals surface area (Å²) >= 11 is 3.50. The molecule has 148 valence electrons. The molecule has 7 heteroatoms. The molecule has 6 nitrogen and oxygen atoms in total. The van der Waals surface area contributed by atoms with E-state index in [2.05, 4.69) is 28.2 Å². The number of halogens is 1. The van der Waals surface area contributed by atoms with Crippen LogP contribution in [0.2, 0.25) is 0 Å². The third kappa shape index (κ3) is 4.29. The van der Waals surface area contributed by atoms with E-state index in [-0.39, 0.29) is 17.5 Å². The number of carbonyl (C=O) groups excluding carboxylic acids is 1. The van der Waals surface area contributed by atoms with Gasteiger partial charge in [-0.1, -0.05) is 13.3 Å².